The maximum atomic E-state index is 13.2. The van der Waals surface area contributed by atoms with Crippen molar-refractivity contribution in [2.75, 3.05) is 20.3 Å². The lowest BCUT2D eigenvalue weighted by atomic mass is 9.98. The Hall–Kier alpha value is -1.90. The molecule has 29 heavy (non-hydrogen) atoms. The van der Waals surface area contributed by atoms with Crippen LogP contribution in [0.25, 0.3) is 6.08 Å². The summed E-state index contributed by atoms with van der Waals surface area (Å²) in [4.78, 5) is 29.9. The molecule has 8 heteroatoms. The van der Waals surface area contributed by atoms with Crippen LogP contribution in [0.2, 0.25) is 0 Å². The molecule has 0 aliphatic carbocycles. The van der Waals surface area contributed by atoms with Crippen molar-refractivity contribution < 1.29 is 19.4 Å². The molecular formula is C21H26N2O4S2. The number of likely N-dealkylation sites (tertiary alicyclic amines) is 1. The third-order valence-corrected chi connectivity index (χ3v) is 6.70. The lowest BCUT2D eigenvalue weighted by molar-refractivity contribution is -0.142. The van der Waals surface area contributed by atoms with E-state index in [1.807, 2.05) is 29.2 Å². The number of para-hydroxylation sites is 1. The van der Waals surface area contributed by atoms with E-state index in [4.69, 9.17) is 17.0 Å². The fourth-order valence-electron chi connectivity index (χ4n) is 3.83. The summed E-state index contributed by atoms with van der Waals surface area (Å²) < 4.78 is 5.73. The normalized spacial score (nSPS) is 22.3. The van der Waals surface area contributed by atoms with Crippen LogP contribution in [0, 0.1) is 0 Å². The highest BCUT2D eigenvalue weighted by Crippen LogP contribution is 2.36. The van der Waals surface area contributed by atoms with Crippen LogP contribution in [0.15, 0.2) is 29.2 Å². The van der Waals surface area contributed by atoms with Crippen LogP contribution in [0.1, 0.15) is 38.2 Å². The first kappa shape index (κ1) is 21.8. The minimum atomic E-state index is -0.676. The van der Waals surface area contributed by atoms with Gasteiger partial charge in [0.1, 0.15) is 16.1 Å². The Morgan fingerprint density at radius 3 is 2.90 bits per heavy atom. The third-order valence-electron chi connectivity index (χ3n) is 5.37. The van der Waals surface area contributed by atoms with Gasteiger partial charge >= 0.3 is 0 Å². The predicted octanol–water partition coefficient (Wildman–Crippen LogP) is 3.05. The summed E-state index contributed by atoms with van der Waals surface area (Å²) in [7, 11) is 1.58. The molecule has 0 spiro atoms. The molecule has 0 bridgehead atoms. The van der Waals surface area contributed by atoms with Gasteiger partial charge in [-0.1, -0.05) is 42.2 Å². The number of benzene rings is 1. The van der Waals surface area contributed by atoms with E-state index >= 15 is 0 Å². The van der Waals surface area contributed by atoms with Gasteiger partial charge in [0.2, 0.25) is 5.91 Å². The number of methoxy groups -OCH3 is 1. The highest BCUT2D eigenvalue weighted by atomic mass is 32.2. The number of hydrogen-bond donors (Lipinski definition) is 1. The SMILES string of the molecule is COc1ccccc1/C=C1\SC(=S)N([C@H](C)C(=O)N2CCCC[C@@H]2CCO)C1=O. The fraction of sp³-hybridized carbons (Fsp3) is 0.476. The van der Waals surface area contributed by atoms with E-state index in [-0.39, 0.29) is 24.5 Å². The number of aliphatic hydroxyl groups is 1. The molecule has 2 fully saturated rings. The van der Waals surface area contributed by atoms with E-state index in [9.17, 15) is 14.7 Å². The average molecular weight is 435 g/mol. The number of ether oxygens (including phenoxy) is 1. The number of aliphatic hydroxyl groups excluding tert-OH is 1. The van der Waals surface area contributed by atoms with Crippen LogP contribution in [0.5, 0.6) is 5.75 Å². The van der Waals surface area contributed by atoms with Crippen molar-refractivity contribution >= 4 is 46.2 Å². The fourth-order valence-corrected chi connectivity index (χ4v) is 5.24. The van der Waals surface area contributed by atoms with Crippen molar-refractivity contribution in [1.82, 2.24) is 9.80 Å². The average Bonchev–Trinajstić information content (AvgIpc) is 3.01. The second-order valence-electron chi connectivity index (χ2n) is 7.16. The first-order valence-corrected chi connectivity index (χ1v) is 11.0. The number of thiocarbonyl (C=S) groups is 1. The molecule has 0 aromatic heterocycles. The largest absolute Gasteiger partial charge is 0.496 e. The number of carbonyl (C=O) groups excluding carboxylic acids is 2. The summed E-state index contributed by atoms with van der Waals surface area (Å²) in [5.41, 5.74) is 0.786. The Morgan fingerprint density at radius 2 is 2.17 bits per heavy atom. The van der Waals surface area contributed by atoms with Crippen LogP contribution in [-0.4, -0.2) is 63.4 Å². The van der Waals surface area contributed by atoms with Crippen molar-refractivity contribution in [3.8, 4) is 5.75 Å². The number of nitrogens with zero attached hydrogens (tertiary/aromatic N) is 2. The van der Waals surface area contributed by atoms with E-state index in [0.29, 0.717) is 27.9 Å². The first-order valence-electron chi connectivity index (χ1n) is 9.79. The van der Waals surface area contributed by atoms with Gasteiger partial charge in [-0.25, -0.2) is 0 Å². The maximum absolute atomic E-state index is 13.2. The molecule has 2 saturated heterocycles. The van der Waals surface area contributed by atoms with E-state index in [0.717, 1.165) is 24.8 Å². The molecule has 0 radical (unpaired) electrons. The zero-order chi connectivity index (χ0) is 21.0. The monoisotopic (exact) mass is 434 g/mol. The van der Waals surface area contributed by atoms with E-state index < -0.39 is 6.04 Å². The van der Waals surface area contributed by atoms with Crippen molar-refractivity contribution in [2.45, 2.75) is 44.7 Å². The van der Waals surface area contributed by atoms with Gasteiger partial charge in [0.15, 0.2) is 0 Å². The predicted molar refractivity (Wildman–Crippen MR) is 119 cm³/mol. The third kappa shape index (κ3) is 4.65. The highest BCUT2D eigenvalue weighted by molar-refractivity contribution is 8.26. The summed E-state index contributed by atoms with van der Waals surface area (Å²) in [6.45, 7) is 2.43. The first-order chi connectivity index (χ1) is 14.0. The van der Waals surface area contributed by atoms with Crippen molar-refractivity contribution in [3.63, 3.8) is 0 Å². The quantitative estimate of drug-likeness (QED) is 0.548. The van der Waals surface area contributed by atoms with Crippen LogP contribution in [0.3, 0.4) is 0 Å². The number of carbonyl (C=O) groups is 2. The standard InChI is InChI=1S/C21H26N2O4S2/c1-14(19(25)22-11-6-5-8-16(22)10-12-24)23-20(26)18(29-21(23)28)13-15-7-3-4-9-17(15)27-2/h3-4,7,9,13-14,16,24H,5-6,8,10-12H2,1-2H3/b18-13-/t14-,16-/m1/s1. The smallest absolute Gasteiger partial charge is 0.266 e. The molecule has 1 aromatic rings. The highest BCUT2D eigenvalue weighted by Gasteiger charge is 2.41. The van der Waals surface area contributed by atoms with Crippen molar-refractivity contribution in [1.29, 1.82) is 0 Å². The van der Waals surface area contributed by atoms with Gasteiger partial charge < -0.3 is 14.7 Å². The molecule has 2 aliphatic rings. The molecule has 1 aromatic carbocycles. The lowest BCUT2D eigenvalue weighted by Crippen LogP contribution is -2.53. The number of hydrogen-bond acceptors (Lipinski definition) is 6. The number of rotatable bonds is 6. The summed E-state index contributed by atoms with van der Waals surface area (Å²) in [5, 5.41) is 9.33. The van der Waals surface area contributed by atoms with Crippen LogP contribution < -0.4 is 4.74 Å². The number of piperidine rings is 1. The summed E-state index contributed by atoms with van der Waals surface area (Å²) >= 11 is 6.64. The second kappa shape index (κ2) is 9.73. The zero-order valence-corrected chi connectivity index (χ0v) is 18.3. The molecule has 3 rings (SSSR count). The molecule has 2 heterocycles. The van der Waals surface area contributed by atoms with Gasteiger partial charge in [-0.2, -0.15) is 0 Å². The van der Waals surface area contributed by atoms with Gasteiger partial charge in [-0.15, -0.1) is 0 Å². The van der Waals surface area contributed by atoms with Gasteiger partial charge in [0, 0.05) is 24.8 Å². The van der Waals surface area contributed by atoms with Crippen LogP contribution >= 0.6 is 24.0 Å². The van der Waals surface area contributed by atoms with Gasteiger partial charge in [0.25, 0.3) is 5.91 Å². The topological polar surface area (TPSA) is 70.1 Å². The summed E-state index contributed by atoms with van der Waals surface area (Å²) in [6, 6.07) is 6.78. The molecular weight excluding hydrogens is 408 g/mol. The Kier molecular flexibility index (Phi) is 7.32. The molecule has 6 nitrogen and oxygen atoms in total. The van der Waals surface area contributed by atoms with Gasteiger partial charge in [-0.3, -0.25) is 14.5 Å². The molecule has 0 unspecified atom stereocenters. The lowest BCUT2D eigenvalue weighted by Gasteiger charge is -2.38. The van der Waals surface area contributed by atoms with Crippen molar-refractivity contribution in [2.24, 2.45) is 0 Å². The van der Waals surface area contributed by atoms with Crippen LogP contribution in [0.4, 0.5) is 0 Å². The van der Waals surface area contributed by atoms with Gasteiger partial charge in [-0.05, 0) is 44.7 Å². The minimum absolute atomic E-state index is 0.0197. The van der Waals surface area contributed by atoms with Crippen molar-refractivity contribution in [3.05, 3.63) is 34.7 Å². The molecule has 1 N–H and O–H groups in total. The van der Waals surface area contributed by atoms with E-state index in [1.165, 1.54) is 16.7 Å². The number of amides is 2. The molecule has 2 amide bonds. The van der Waals surface area contributed by atoms with Gasteiger partial charge in [0.05, 0.1) is 12.0 Å². The maximum Gasteiger partial charge on any atom is 0.266 e. The Morgan fingerprint density at radius 1 is 1.41 bits per heavy atom. The van der Waals surface area contributed by atoms with E-state index in [2.05, 4.69) is 0 Å². The van der Waals surface area contributed by atoms with Crippen LogP contribution in [-0.2, 0) is 9.59 Å². The van der Waals surface area contributed by atoms with E-state index in [1.54, 1.807) is 20.1 Å². The Labute approximate surface area is 180 Å². The molecule has 2 aliphatic heterocycles. The Balaban J connectivity index is 1.80. The minimum Gasteiger partial charge on any atom is -0.496 e. The Bertz CT molecular complexity index is 825. The molecule has 0 saturated carbocycles. The second-order valence-corrected chi connectivity index (χ2v) is 8.84. The summed E-state index contributed by atoms with van der Waals surface area (Å²) in [5.74, 6) is 0.294. The molecule has 156 valence electrons. The summed E-state index contributed by atoms with van der Waals surface area (Å²) in [6.07, 6.45) is 5.18. The number of thioether (sulfide) groups is 1. The zero-order valence-electron chi connectivity index (χ0n) is 16.7. The molecule has 2 atom stereocenters.